The van der Waals surface area contributed by atoms with Gasteiger partial charge in [-0.05, 0) is 36.9 Å². The fourth-order valence-electron chi connectivity index (χ4n) is 3.15. The summed E-state index contributed by atoms with van der Waals surface area (Å²) in [4.78, 5) is 20.9. The first-order valence-corrected chi connectivity index (χ1v) is 9.81. The molecule has 0 fully saturated rings. The van der Waals surface area contributed by atoms with Crippen molar-refractivity contribution in [3.05, 3.63) is 58.5 Å². The van der Waals surface area contributed by atoms with E-state index in [0.29, 0.717) is 29.5 Å². The molecule has 0 saturated heterocycles. The van der Waals surface area contributed by atoms with Crippen LogP contribution in [0.15, 0.2) is 36.5 Å². The second-order valence-electron chi connectivity index (χ2n) is 6.94. The van der Waals surface area contributed by atoms with Gasteiger partial charge in [0, 0.05) is 33.4 Å². The zero-order valence-electron chi connectivity index (χ0n) is 15.8. The van der Waals surface area contributed by atoms with Gasteiger partial charge in [-0.1, -0.05) is 17.7 Å². The van der Waals surface area contributed by atoms with Gasteiger partial charge < -0.3 is 9.30 Å². The fraction of sp³-hybridized carbons (Fsp3) is 0.263. The number of imidazole rings is 1. The number of nitrogens with zero attached hydrogens (tertiary/aromatic N) is 6. The molecule has 144 valence electrons. The molecular weight excluding hydrogens is 396 g/mol. The van der Waals surface area contributed by atoms with Gasteiger partial charge in [0.2, 0.25) is 0 Å². The first-order valence-electron chi connectivity index (χ1n) is 8.70. The van der Waals surface area contributed by atoms with Crippen molar-refractivity contribution in [1.82, 2.24) is 27.9 Å². The normalized spacial score (nSPS) is 11.6. The Morgan fingerprint density at radius 2 is 1.89 bits per heavy atom. The van der Waals surface area contributed by atoms with Crippen LogP contribution in [0.5, 0.6) is 0 Å². The van der Waals surface area contributed by atoms with E-state index in [4.69, 9.17) is 11.6 Å². The summed E-state index contributed by atoms with van der Waals surface area (Å²) in [6, 6.07) is 9.68. The van der Waals surface area contributed by atoms with Gasteiger partial charge in [0.15, 0.2) is 5.69 Å². The third-order valence-electron chi connectivity index (χ3n) is 4.48. The number of benzene rings is 1. The summed E-state index contributed by atoms with van der Waals surface area (Å²) in [5.41, 5.74) is 4.91. The van der Waals surface area contributed by atoms with E-state index in [1.54, 1.807) is 26.4 Å². The van der Waals surface area contributed by atoms with E-state index in [2.05, 4.69) is 24.7 Å². The van der Waals surface area contributed by atoms with Crippen molar-refractivity contribution < 1.29 is 4.79 Å². The quantitative estimate of drug-likeness (QED) is 0.501. The topological polar surface area (TPSA) is 66.6 Å². The average molecular weight is 415 g/mol. The summed E-state index contributed by atoms with van der Waals surface area (Å²) in [5.74, 6) is -0.127. The number of carbonyl (C=O) groups excluding carboxylic acids is 1. The number of amides is 1. The van der Waals surface area contributed by atoms with E-state index < -0.39 is 0 Å². The minimum atomic E-state index is -0.127. The summed E-state index contributed by atoms with van der Waals surface area (Å²) in [6.45, 7) is 1.25. The molecule has 0 atom stereocenters. The Morgan fingerprint density at radius 3 is 2.68 bits per heavy atom. The number of hydrogen-bond acceptors (Lipinski definition) is 6. The first-order chi connectivity index (χ1) is 13.4. The van der Waals surface area contributed by atoms with Crippen LogP contribution >= 0.6 is 23.3 Å². The van der Waals surface area contributed by atoms with Gasteiger partial charge in [-0.25, -0.2) is 4.98 Å². The minimum absolute atomic E-state index is 0.127. The number of carbonyl (C=O) groups is 1. The molecule has 7 nitrogen and oxygen atoms in total. The number of pyridine rings is 1. The Bertz CT molecular complexity index is 1170. The molecule has 0 saturated carbocycles. The van der Waals surface area contributed by atoms with E-state index in [-0.39, 0.29) is 5.91 Å². The van der Waals surface area contributed by atoms with Gasteiger partial charge in [0.05, 0.1) is 22.4 Å². The van der Waals surface area contributed by atoms with Crippen molar-refractivity contribution in [2.75, 3.05) is 21.1 Å². The molecule has 0 radical (unpaired) electrons. The van der Waals surface area contributed by atoms with Crippen molar-refractivity contribution >= 4 is 45.9 Å². The molecule has 1 aromatic carbocycles. The lowest BCUT2D eigenvalue weighted by Crippen LogP contribution is -2.26. The SMILES string of the molecule is CN(Cc1ccc2nsnc2c1)Cc1c(C(=O)N(C)C)nc2ccc(Cl)cn12. The highest BCUT2D eigenvalue weighted by Gasteiger charge is 2.21. The Balaban J connectivity index is 1.66. The van der Waals surface area contributed by atoms with E-state index in [0.717, 1.165) is 22.3 Å². The predicted molar refractivity (Wildman–Crippen MR) is 111 cm³/mol. The molecule has 0 aliphatic heterocycles. The van der Waals surface area contributed by atoms with E-state index in [1.165, 1.54) is 16.6 Å². The summed E-state index contributed by atoms with van der Waals surface area (Å²) in [6.07, 6.45) is 1.80. The van der Waals surface area contributed by atoms with Crippen LogP contribution in [-0.2, 0) is 13.1 Å². The monoisotopic (exact) mass is 414 g/mol. The standard InChI is InChI=1S/C19H19ClN6OS/c1-24(2)19(27)18-16(26-10-13(20)5-7-17(26)21-18)11-25(3)9-12-4-6-14-15(8-12)23-28-22-14/h4-8,10H,9,11H2,1-3H3. The highest BCUT2D eigenvalue weighted by Crippen LogP contribution is 2.21. The predicted octanol–water partition coefficient (Wildman–Crippen LogP) is 3.33. The molecule has 4 aromatic rings. The Morgan fingerprint density at radius 1 is 1.11 bits per heavy atom. The van der Waals surface area contributed by atoms with Gasteiger partial charge in [-0.3, -0.25) is 9.69 Å². The van der Waals surface area contributed by atoms with Gasteiger partial charge in [0.1, 0.15) is 16.7 Å². The molecule has 28 heavy (non-hydrogen) atoms. The molecule has 0 N–H and O–H groups in total. The van der Waals surface area contributed by atoms with Crippen LogP contribution in [0.25, 0.3) is 16.7 Å². The van der Waals surface area contributed by atoms with E-state index in [9.17, 15) is 4.79 Å². The highest BCUT2D eigenvalue weighted by atomic mass is 35.5. The van der Waals surface area contributed by atoms with Crippen LogP contribution in [0.3, 0.4) is 0 Å². The second kappa shape index (κ2) is 7.46. The van der Waals surface area contributed by atoms with E-state index in [1.807, 2.05) is 29.6 Å². The van der Waals surface area contributed by atoms with Crippen LogP contribution in [0.1, 0.15) is 21.7 Å². The molecule has 0 aliphatic carbocycles. The van der Waals surface area contributed by atoms with Crippen molar-refractivity contribution in [2.24, 2.45) is 0 Å². The van der Waals surface area contributed by atoms with Crippen LogP contribution in [-0.4, -0.2) is 55.0 Å². The maximum absolute atomic E-state index is 12.7. The van der Waals surface area contributed by atoms with Crippen molar-refractivity contribution in [1.29, 1.82) is 0 Å². The molecule has 0 unspecified atom stereocenters. The largest absolute Gasteiger partial charge is 0.343 e. The van der Waals surface area contributed by atoms with Crippen molar-refractivity contribution in [3.63, 3.8) is 0 Å². The van der Waals surface area contributed by atoms with Crippen molar-refractivity contribution in [3.8, 4) is 0 Å². The number of rotatable bonds is 5. The van der Waals surface area contributed by atoms with Gasteiger partial charge in [0.25, 0.3) is 5.91 Å². The molecule has 1 amide bonds. The summed E-state index contributed by atoms with van der Waals surface area (Å²) in [7, 11) is 5.46. The van der Waals surface area contributed by atoms with Crippen LogP contribution in [0.2, 0.25) is 5.02 Å². The number of halogens is 1. The Kier molecular flexibility index (Phi) is 5.01. The maximum Gasteiger partial charge on any atom is 0.273 e. The van der Waals surface area contributed by atoms with Gasteiger partial charge in [-0.2, -0.15) is 8.75 Å². The lowest BCUT2D eigenvalue weighted by atomic mass is 10.2. The first kappa shape index (κ1) is 18.8. The van der Waals surface area contributed by atoms with Crippen LogP contribution in [0.4, 0.5) is 0 Å². The van der Waals surface area contributed by atoms with Gasteiger partial charge in [-0.15, -0.1) is 0 Å². The molecule has 0 spiro atoms. The van der Waals surface area contributed by atoms with E-state index >= 15 is 0 Å². The summed E-state index contributed by atoms with van der Waals surface area (Å²) in [5, 5.41) is 0.596. The molecule has 0 bridgehead atoms. The zero-order valence-corrected chi connectivity index (χ0v) is 17.3. The smallest absolute Gasteiger partial charge is 0.273 e. The zero-order chi connectivity index (χ0) is 19.8. The summed E-state index contributed by atoms with van der Waals surface area (Å²) < 4.78 is 10.4. The lowest BCUT2D eigenvalue weighted by Gasteiger charge is -2.18. The molecule has 4 rings (SSSR count). The lowest BCUT2D eigenvalue weighted by molar-refractivity contribution is 0.0820. The molecule has 3 aromatic heterocycles. The second-order valence-corrected chi connectivity index (χ2v) is 7.91. The maximum atomic E-state index is 12.7. The number of aromatic nitrogens is 4. The third-order valence-corrected chi connectivity index (χ3v) is 5.26. The highest BCUT2D eigenvalue weighted by molar-refractivity contribution is 7.00. The third kappa shape index (κ3) is 3.58. The summed E-state index contributed by atoms with van der Waals surface area (Å²) >= 11 is 7.40. The molecule has 3 heterocycles. The molecule has 9 heteroatoms. The average Bonchev–Trinajstić information content (AvgIpc) is 3.25. The Labute approximate surface area is 171 Å². The van der Waals surface area contributed by atoms with Gasteiger partial charge >= 0.3 is 0 Å². The Hall–Kier alpha value is -2.55. The number of fused-ring (bicyclic) bond motifs is 2. The molecular formula is C19H19ClN6OS. The van der Waals surface area contributed by atoms with Crippen LogP contribution in [0, 0.1) is 0 Å². The van der Waals surface area contributed by atoms with Crippen molar-refractivity contribution in [2.45, 2.75) is 13.1 Å². The number of hydrogen-bond donors (Lipinski definition) is 0. The fourth-order valence-corrected chi connectivity index (χ4v) is 3.83. The van der Waals surface area contributed by atoms with Crippen LogP contribution < -0.4 is 0 Å². The minimum Gasteiger partial charge on any atom is -0.343 e. The molecule has 0 aliphatic rings.